The summed E-state index contributed by atoms with van der Waals surface area (Å²) in [5, 5.41) is 0. The maximum absolute atomic E-state index is 10.9. The molecule has 0 aliphatic rings. The van der Waals surface area contributed by atoms with E-state index in [4.69, 9.17) is 5.73 Å². The lowest BCUT2D eigenvalue weighted by atomic mass is 10.0. The van der Waals surface area contributed by atoms with Gasteiger partial charge in [0.25, 0.3) is 0 Å². The molecule has 2 heteroatoms. The van der Waals surface area contributed by atoms with Crippen LogP contribution in [-0.2, 0) is 0 Å². The van der Waals surface area contributed by atoms with Crippen LogP contribution in [0.5, 0.6) is 0 Å². The lowest BCUT2D eigenvalue weighted by Crippen LogP contribution is -2.10. The van der Waals surface area contributed by atoms with E-state index in [2.05, 4.69) is 0 Å². The Morgan fingerprint density at radius 3 is 1.76 bits per heavy atom. The normalized spacial score (nSPS) is 9.06. The third-order valence-electron chi connectivity index (χ3n) is 2.28. The van der Waals surface area contributed by atoms with Crippen molar-refractivity contribution < 1.29 is 4.79 Å². The summed E-state index contributed by atoms with van der Waals surface area (Å²) in [6.45, 7) is 4.00. The largest absolute Gasteiger partial charge is 0.366 e. The zero-order chi connectivity index (χ0) is 12.7. The van der Waals surface area contributed by atoms with E-state index >= 15 is 0 Å². The van der Waals surface area contributed by atoms with Crippen molar-refractivity contribution in [2.75, 3.05) is 0 Å². The van der Waals surface area contributed by atoms with Crippen molar-refractivity contribution in [3.8, 4) is 11.1 Å². The van der Waals surface area contributed by atoms with Gasteiger partial charge in [0, 0.05) is 5.56 Å². The monoisotopic (exact) mass is 227 g/mol. The van der Waals surface area contributed by atoms with E-state index in [1.807, 2.05) is 56.3 Å². The number of benzene rings is 2. The number of hydrogen-bond donors (Lipinski definition) is 1. The highest BCUT2D eigenvalue weighted by Crippen LogP contribution is 2.18. The van der Waals surface area contributed by atoms with Gasteiger partial charge >= 0.3 is 0 Å². The van der Waals surface area contributed by atoms with Gasteiger partial charge in [-0.2, -0.15) is 0 Å². The number of hydrogen-bond acceptors (Lipinski definition) is 1. The highest BCUT2D eigenvalue weighted by molar-refractivity contribution is 5.93. The number of nitrogens with two attached hydrogens (primary N) is 1. The molecular weight excluding hydrogens is 210 g/mol. The van der Waals surface area contributed by atoms with Crippen LogP contribution in [-0.4, -0.2) is 5.91 Å². The summed E-state index contributed by atoms with van der Waals surface area (Å²) in [4.78, 5) is 10.9. The van der Waals surface area contributed by atoms with E-state index in [0.717, 1.165) is 11.1 Å². The van der Waals surface area contributed by atoms with Gasteiger partial charge < -0.3 is 5.73 Å². The Morgan fingerprint density at radius 1 is 0.824 bits per heavy atom. The minimum absolute atomic E-state index is 0.394. The Bertz CT molecular complexity index is 460. The summed E-state index contributed by atoms with van der Waals surface area (Å²) in [6.07, 6.45) is 0. The summed E-state index contributed by atoms with van der Waals surface area (Å²) < 4.78 is 0. The first-order valence-corrected chi connectivity index (χ1v) is 5.72. The third-order valence-corrected chi connectivity index (χ3v) is 2.28. The highest BCUT2D eigenvalue weighted by atomic mass is 16.1. The molecule has 0 saturated carbocycles. The van der Waals surface area contributed by atoms with Crippen LogP contribution in [0, 0.1) is 0 Å². The first kappa shape index (κ1) is 13.0. The summed E-state index contributed by atoms with van der Waals surface area (Å²) in [5.41, 5.74) is 7.92. The average Bonchev–Trinajstić information content (AvgIpc) is 2.42. The zero-order valence-electron chi connectivity index (χ0n) is 10.2. The Morgan fingerprint density at radius 2 is 1.29 bits per heavy atom. The van der Waals surface area contributed by atoms with Crippen molar-refractivity contribution >= 4 is 5.91 Å². The molecule has 17 heavy (non-hydrogen) atoms. The van der Waals surface area contributed by atoms with Gasteiger partial charge in [0.1, 0.15) is 0 Å². The molecule has 2 N–H and O–H groups in total. The molecular formula is C15H17NO. The van der Waals surface area contributed by atoms with E-state index < -0.39 is 5.91 Å². The molecule has 0 spiro atoms. The van der Waals surface area contributed by atoms with E-state index in [-0.39, 0.29) is 0 Å². The number of rotatable bonds is 2. The Balaban J connectivity index is 0.000000686. The molecule has 0 fully saturated rings. The smallest absolute Gasteiger partial charge is 0.248 e. The second-order valence-corrected chi connectivity index (χ2v) is 3.31. The predicted octanol–water partition coefficient (Wildman–Crippen LogP) is 3.48. The van der Waals surface area contributed by atoms with Crippen molar-refractivity contribution in [3.63, 3.8) is 0 Å². The number of carbonyl (C=O) groups excluding carboxylic acids is 1. The Kier molecular flexibility index (Phi) is 4.95. The molecule has 0 aliphatic heterocycles. The highest BCUT2D eigenvalue weighted by Gasteiger charge is 2.00. The SMILES string of the molecule is CC.NC(=O)c1ccc(-c2ccccc2)cc1. The molecule has 0 bridgehead atoms. The Hall–Kier alpha value is -2.09. The van der Waals surface area contributed by atoms with Crippen LogP contribution >= 0.6 is 0 Å². The molecule has 0 aromatic heterocycles. The van der Waals surface area contributed by atoms with E-state index in [0.29, 0.717) is 5.56 Å². The van der Waals surface area contributed by atoms with Gasteiger partial charge in [0.15, 0.2) is 0 Å². The van der Waals surface area contributed by atoms with Crippen molar-refractivity contribution in [1.29, 1.82) is 0 Å². The minimum Gasteiger partial charge on any atom is -0.366 e. The summed E-state index contributed by atoms with van der Waals surface area (Å²) in [7, 11) is 0. The second-order valence-electron chi connectivity index (χ2n) is 3.31. The molecule has 0 unspecified atom stereocenters. The lowest BCUT2D eigenvalue weighted by Gasteiger charge is -2.01. The number of carbonyl (C=O) groups is 1. The van der Waals surface area contributed by atoms with Crippen LogP contribution in [0.2, 0.25) is 0 Å². The van der Waals surface area contributed by atoms with Crippen LogP contribution in [0.4, 0.5) is 0 Å². The van der Waals surface area contributed by atoms with Gasteiger partial charge in [-0.15, -0.1) is 0 Å². The molecule has 0 aliphatic carbocycles. The van der Waals surface area contributed by atoms with Crippen LogP contribution < -0.4 is 5.73 Å². The molecule has 0 saturated heterocycles. The van der Waals surface area contributed by atoms with Crippen LogP contribution in [0.25, 0.3) is 11.1 Å². The van der Waals surface area contributed by atoms with Gasteiger partial charge in [-0.3, -0.25) is 4.79 Å². The molecule has 0 heterocycles. The topological polar surface area (TPSA) is 43.1 Å². The first-order valence-electron chi connectivity index (χ1n) is 5.72. The van der Waals surface area contributed by atoms with Crippen molar-refractivity contribution in [3.05, 3.63) is 60.2 Å². The summed E-state index contributed by atoms with van der Waals surface area (Å²) in [5.74, 6) is -0.394. The molecule has 2 nitrogen and oxygen atoms in total. The molecule has 2 aromatic carbocycles. The maximum atomic E-state index is 10.9. The fourth-order valence-electron chi connectivity index (χ4n) is 1.46. The van der Waals surface area contributed by atoms with Crippen LogP contribution in [0.15, 0.2) is 54.6 Å². The van der Waals surface area contributed by atoms with Gasteiger partial charge in [-0.1, -0.05) is 56.3 Å². The molecule has 0 atom stereocenters. The second kappa shape index (κ2) is 6.48. The molecule has 0 radical (unpaired) electrons. The van der Waals surface area contributed by atoms with Gasteiger partial charge in [-0.05, 0) is 23.3 Å². The van der Waals surface area contributed by atoms with Gasteiger partial charge in [-0.25, -0.2) is 0 Å². The third kappa shape index (κ3) is 3.45. The van der Waals surface area contributed by atoms with E-state index in [1.54, 1.807) is 12.1 Å². The maximum Gasteiger partial charge on any atom is 0.248 e. The van der Waals surface area contributed by atoms with E-state index in [9.17, 15) is 4.79 Å². The first-order chi connectivity index (χ1) is 8.27. The number of primary amides is 1. The summed E-state index contributed by atoms with van der Waals surface area (Å²) >= 11 is 0. The fraction of sp³-hybridized carbons (Fsp3) is 0.133. The Labute approximate surface area is 102 Å². The van der Waals surface area contributed by atoms with Gasteiger partial charge in [0.05, 0.1) is 0 Å². The zero-order valence-corrected chi connectivity index (χ0v) is 10.2. The molecule has 88 valence electrons. The van der Waals surface area contributed by atoms with Crippen molar-refractivity contribution in [2.24, 2.45) is 5.73 Å². The molecule has 2 aromatic rings. The van der Waals surface area contributed by atoms with Crippen molar-refractivity contribution in [2.45, 2.75) is 13.8 Å². The lowest BCUT2D eigenvalue weighted by molar-refractivity contribution is 0.100. The molecule has 1 amide bonds. The predicted molar refractivity (Wildman–Crippen MR) is 71.7 cm³/mol. The number of amides is 1. The van der Waals surface area contributed by atoms with E-state index in [1.165, 1.54) is 0 Å². The fourth-order valence-corrected chi connectivity index (χ4v) is 1.46. The van der Waals surface area contributed by atoms with Crippen LogP contribution in [0.3, 0.4) is 0 Å². The minimum atomic E-state index is -0.394. The van der Waals surface area contributed by atoms with Crippen LogP contribution in [0.1, 0.15) is 24.2 Å². The average molecular weight is 227 g/mol. The molecule has 2 rings (SSSR count). The quantitative estimate of drug-likeness (QED) is 0.838. The van der Waals surface area contributed by atoms with Gasteiger partial charge in [0.2, 0.25) is 5.91 Å². The van der Waals surface area contributed by atoms with Crippen molar-refractivity contribution in [1.82, 2.24) is 0 Å². The summed E-state index contributed by atoms with van der Waals surface area (Å²) in [6, 6.07) is 17.3. The standard InChI is InChI=1S/C13H11NO.C2H6/c14-13(15)12-8-6-11(7-9-12)10-4-2-1-3-5-10;1-2/h1-9H,(H2,14,15);1-2H3.